The fourth-order valence-corrected chi connectivity index (χ4v) is 4.54. The molecule has 0 aliphatic carbocycles. The van der Waals surface area contributed by atoms with E-state index in [0.717, 1.165) is 16.1 Å². The number of ether oxygens (including phenoxy) is 1. The quantitative estimate of drug-likeness (QED) is 0.364. The number of thioether (sulfide) groups is 1. The lowest BCUT2D eigenvalue weighted by atomic mass is 10.2. The van der Waals surface area contributed by atoms with Gasteiger partial charge in [0, 0.05) is 11.6 Å². The van der Waals surface area contributed by atoms with Crippen molar-refractivity contribution in [2.24, 2.45) is 0 Å². The van der Waals surface area contributed by atoms with E-state index in [1.54, 1.807) is 30.6 Å². The number of benzene rings is 2. The molecule has 0 aliphatic heterocycles. The number of hydrogen-bond acceptors (Lipinski definition) is 6. The summed E-state index contributed by atoms with van der Waals surface area (Å²) in [4.78, 5) is 13.4. The molecule has 0 atom stereocenters. The molecule has 0 saturated heterocycles. The van der Waals surface area contributed by atoms with Crippen molar-refractivity contribution >= 4 is 40.6 Å². The van der Waals surface area contributed by atoms with Crippen LogP contribution in [-0.2, 0) is 11.3 Å². The SMILES string of the molecule is COc1ccccc1-n1c(SCC(=O)NCc2ccc(Cl)cc2)nnc1-c1cccs1. The molecule has 1 N–H and O–H groups in total. The highest BCUT2D eigenvalue weighted by Crippen LogP contribution is 2.33. The van der Waals surface area contributed by atoms with Gasteiger partial charge in [-0.25, -0.2) is 0 Å². The molecule has 0 bridgehead atoms. The zero-order valence-corrected chi connectivity index (χ0v) is 19.0. The first-order valence-corrected chi connectivity index (χ1v) is 11.7. The minimum atomic E-state index is -0.0906. The second kappa shape index (κ2) is 10.00. The Balaban J connectivity index is 1.53. The van der Waals surface area contributed by atoms with Crippen LogP contribution in [0.3, 0.4) is 0 Å². The van der Waals surface area contributed by atoms with Crippen molar-refractivity contribution in [3.8, 4) is 22.1 Å². The summed E-state index contributed by atoms with van der Waals surface area (Å²) >= 11 is 8.81. The first-order valence-electron chi connectivity index (χ1n) is 9.42. The number of carbonyl (C=O) groups excluding carboxylic acids is 1. The van der Waals surface area contributed by atoms with Gasteiger partial charge in [0.1, 0.15) is 5.75 Å². The number of methoxy groups -OCH3 is 1. The predicted molar refractivity (Wildman–Crippen MR) is 125 cm³/mol. The lowest BCUT2D eigenvalue weighted by molar-refractivity contribution is -0.118. The number of nitrogens with one attached hydrogen (secondary N) is 1. The van der Waals surface area contributed by atoms with E-state index in [0.29, 0.717) is 28.3 Å². The Kier molecular flexibility index (Phi) is 6.91. The monoisotopic (exact) mass is 470 g/mol. The molecule has 0 saturated carbocycles. The third kappa shape index (κ3) is 5.10. The lowest BCUT2D eigenvalue weighted by Gasteiger charge is -2.13. The Morgan fingerprint density at radius 2 is 1.94 bits per heavy atom. The van der Waals surface area contributed by atoms with Gasteiger partial charge < -0.3 is 10.1 Å². The van der Waals surface area contributed by atoms with Gasteiger partial charge in [-0.05, 0) is 41.3 Å². The van der Waals surface area contributed by atoms with E-state index in [-0.39, 0.29) is 11.7 Å². The van der Waals surface area contributed by atoms with Gasteiger partial charge in [0.25, 0.3) is 0 Å². The highest BCUT2D eigenvalue weighted by Gasteiger charge is 2.20. The average Bonchev–Trinajstić information content (AvgIpc) is 3.47. The fourth-order valence-electron chi connectivity index (χ4n) is 2.94. The molecule has 1 amide bonds. The second-order valence-electron chi connectivity index (χ2n) is 6.48. The predicted octanol–water partition coefficient (Wildman–Crippen LogP) is 5.07. The van der Waals surface area contributed by atoms with Gasteiger partial charge in [-0.15, -0.1) is 21.5 Å². The molecule has 0 radical (unpaired) electrons. The molecule has 0 fully saturated rings. The van der Waals surface area contributed by atoms with Crippen LogP contribution < -0.4 is 10.1 Å². The summed E-state index contributed by atoms with van der Waals surface area (Å²) in [6, 6.07) is 19.0. The van der Waals surface area contributed by atoms with E-state index in [1.807, 2.05) is 58.5 Å². The number of nitrogens with zero attached hydrogens (tertiary/aromatic N) is 3. The third-order valence-electron chi connectivity index (χ3n) is 4.44. The Bertz CT molecular complexity index is 1160. The van der Waals surface area contributed by atoms with Crippen LogP contribution in [0.1, 0.15) is 5.56 Å². The molecule has 0 spiro atoms. The van der Waals surface area contributed by atoms with Crippen molar-refractivity contribution in [1.29, 1.82) is 0 Å². The van der Waals surface area contributed by atoms with E-state index in [4.69, 9.17) is 16.3 Å². The zero-order valence-electron chi connectivity index (χ0n) is 16.6. The molecule has 31 heavy (non-hydrogen) atoms. The van der Waals surface area contributed by atoms with Crippen LogP contribution in [0.5, 0.6) is 5.75 Å². The molecule has 6 nitrogen and oxygen atoms in total. The van der Waals surface area contributed by atoms with Crippen LogP contribution in [-0.4, -0.2) is 33.5 Å². The van der Waals surface area contributed by atoms with Gasteiger partial charge in [0.15, 0.2) is 11.0 Å². The van der Waals surface area contributed by atoms with E-state index in [1.165, 1.54) is 11.8 Å². The normalized spacial score (nSPS) is 10.8. The average molecular weight is 471 g/mol. The third-order valence-corrected chi connectivity index (χ3v) is 6.48. The van der Waals surface area contributed by atoms with Crippen molar-refractivity contribution in [2.75, 3.05) is 12.9 Å². The Morgan fingerprint density at radius 1 is 1.13 bits per heavy atom. The fraction of sp³-hybridized carbons (Fsp3) is 0.136. The Hall–Kier alpha value is -2.81. The molecule has 4 aromatic rings. The number of amides is 1. The highest BCUT2D eigenvalue weighted by molar-refractivity contribution is 7.99. The van der Waals surface area contributed by atoms with Crippen LogP contribution in [0.2, 0.25) is 5.02 Å². The van der Waals surface area contributed by atoms with E-state index in [2.05, 4.69) is 15.5 Å². The van der Waals surface area contributed by atoms with Crippen molar-refractivity contribution in [3.05, 3.63) is 76.6 Å². The van der Waals surface area contributed by atoms with Crippen LogP contribution in [0.4, 0.5) is 0 Å². The van der Waals surface area contributed by atoms with Crippen molar-refractivity contribution in [3.63, 3.8) is 0 Å². The number of thiophene rings is 1. The maximum Gasteiger partial charge on any atom is 0.230 e. The topological polar surface area (TPSA) is 69.0 Å². The number of hydrogen-bond donors (Lipinski definition) is 1. The molecule has 158 valence electrons. The van der Waals surface area contributed by atoms with Crippen LogP contribution in [0.25, 0.3) is 16.4 Å². The van der Waals surface area contributed by atoms with Gasteiger partial charge in [0.05, 0.1) is 23.4 Å². The summed E-state index contributed by atoms with van der Waals surface area (Å²) in [5.41, 5.74) is 1.81. The largest absolute Gasteiger partial charge is 0.495 e. The number of para-hydroxylation sites is 2. The molecule has 2 aromatic carbocycles. The standard InChI is InChI=1S/C22H19ClN4O2S2/c1-29-18-6-3-2-5-17(18)27-21(19-7-4-12-30-19)25-26-22(27)31-14-20(28)24-13-15-8-10-16(23)11-9-15/h2-12H,13-14H2,1H3,(H,24,28). The molecular formula is C22H19ClN4O2S2. The van der Waals surface area contributed by atoms with Crippen molar-refractivity contribution in [2.45, 2.75) is 11.7 Å². The number of rotatable bonds is 8. The van der Waals surface area contributed by atoms with Gasteiger partial charge in [-0.3, -0.25) is 9.36 Å². The number of aromatic nitrogens is 3. The first kappa shape index (κ1) is 21.4. The lowest BCUT2D eigenvalue weighted by Crippen LogP contribution is -2.24. The molecule has 0 aliphatic rings. The van der Waals surface area contributed by atoms with Gasteiger partial charge in [-0.2, -0.15) is 0 Å². The van der Waals surface area contributed by atoms with E-state index >= 15 is 0 Å². The van der Waals surface area contributed by atoms with Gasteiger partial charge in [0.2, 0.25) is 5.91 Å². The minimum absolute atomic E-state index is 0.0906. The van der Waals surface area contributed by atoms with Crippen LogP contribution in [0, 0.1) is 0 Å². The molecule has 0 unspecified atom stereocenters. The van der Waals surface area contributed by atoms with Crippen molar-refractivity contribution < 1.29 is 9.53 Å². The van der Waals surface area contributed by atoms with Crippen LogP contribution >= 0.6 is 34.7 Å². The Labute approximate surface area is 193 Å². The second-order valence-corrected chi connectivity index (χ2v) is 8.81. The van der Waals surface area contributed by atoms with Crippen molar-refractivity contribution in [1.82, 2.24) is 20.1 Å². The maximum absolute atomic E-state index is 12.4. The van der Waals surface area contributed by atoms with Crippen LogP contribution in [0.15, 0.2) is 71.2 Å². The maximum atomic E-state index is 12.4. The summed E-state index contributed by atoms with van der Waals surface area (Å²) in [6.45, 7) is 0.441. The Morgan fingerprint density at radius 3 is 2.68 bits per heavy atom. The number of halogens is 1. The minimum Gasteiger partial charge on any atom is -0.495 e. The molecular weight excluding hydrogens is 452 g/mol. The molecule has 2 heterocycles. The summed E-state index contributed by atoms with van der Waals surface area (Å²) in [5.74, 6) is 1.54. The molecule has 9 heteroatoms. The van der Waals surface area contributed by atoms with Gasteiger partial charge >= 0.3 is 0 Å². The first-order chi connectivity index (χ1) is 15.2. The highest BCUT2D eigenvalue weighted by atomic mass is 35.5. The molecule has 2 aromatic heterocycles. The summed E-state index contributed by atoms with van der Waals surface area (Å²) < 4.78 is 7.48. The zero-order chi connectivity index (χ0) is 21.6. The summed E-state index contributed by atoms with van der Waals surface area (Å²) in [5, 5.41) is 15.0. The van der Waals surface area contributed by atoms with Gasteiger partial charge in [-0.1, -0.05) is 53.7 Å². The summed E-state index contributed by atoms with van der Waals surface area (Å²) in [6.07, 6.45) is 0. The number of carbonyl (C=O) groups is 1. The molecule has 4 rings (SSSR count). The van der Waals surface area contributed by atoms with E-state index in [9.17, 15) is 4.79 Å². The smallest absolute Gasteiger partial charge is 0.230 e. The summed E-state index contributed by atoms with van der Waals surface area (Å²) in [7, 11) is 1.63. The van der Waals surface area contributed by atoms with E-state index < -0.39 is 0 Å².